The lowest BCUT2D eigenvalue weighted by Crippen LogP contribution is -2.41. The molecule has 22 heavy (non-hydrogen) atoms. The maximum absolute atomic E-state index is 12.1. The fraction of sp³-hybridized carbons (Fsp3) is 0.375. The van der Waals surface area contributed by atoms with Crippen LogP contribution in [0.1, 0.15) is 10.4 Å². The van der Waals surface area contributed by atoms with Gasteiger partial charge < -0.3 is 10.1 Å². The van der Waals surface area contributed by atoms with E-state index in [2.05, 4.69) is 15.3 Å². The minimum atomic E-state index is -0.0414. The van der Waals surface area contributed by atoms with E-state index in [1.54, 1.807) is 10.9 Å². The molecule has 116 valence electrons. The zero-order valence-electron chi connectivity index (χ0n) is 12.4. The third kappa shape index (κ3) is 3.72. The monoisotopic (exact) mass is 300 g/mol. The summed E-state index contributed by atoms with van der Waals surface area (Å²) in [7, 11) is 0. The standard InChI is InChI=1S/C16H20N4O2/c21-16(17-7-9-19-10-12-22-13-11-19)14-2-4-15(5-3-14)20-8-1-6-18-20/h1-6,8H,7,9-13H2,(H,17,21). The van der Waals surface area contributed by atoms with Gasteiger partial charge in [0.15, 0.2) is 0 Å². The average molecular weight is 300 g/mol. The molecule has 0 bridgehead atoms. The number of nitrogens with zero attached hydrogens (tertiary/aromatic N) is 3. The van der Waals surface area contributed by atoms with Gasteiger partial charge in [0.25, 0.3) is 5.91 Å². The molecule has 2 heterocycles. The van der Waals surface area contributed by atoms with E-state index in [-0.39, 0.29) is 5.91 Å². The van der Waals surface area contributed by atoms with E-state index >= 15 is 0 Å². The Balaban J connectivity index is 1.49. The number of hydrogen-bond donors (Lipinski definition) is 1. The summed E-state index contributed by atoms with van der Waals surface area (Å²) in [5, 5.41) is 7.12. The first-order valence-electron chi connectivity index (χ1n) is 7.51. The lowest BCUT2D eigenvalue weighted by molar-refractivity contribution is 0.0383. The van der Waals surface area contributed by atoms with Crippen molar-refractivity contribution in [3.05, 3.63) is 48.3 Å². The van der Waals surface area contributed by atoms with Crippen LogP contribution in [0.3, 0.4) is 0 Å². The summed E-state index contributed by atoms with van der Waals surface area (Å²) in [6.07, 6.45) is 3.60. The quantitative estimate of drug-likeness (QED) is 0.892. The summed E-state index contributed by atoms with van der Waals surface area (Å²) in [6, 6.07) is 9.29. The third-order valence-corrected chi connectivity index (χ3v) is 3.72. The van der Waals surface area contributed by atoms with Gasteiger partial charge >= 0.3 is 0 Å². The van der Waals surface area contributed by atoms with E-state index in [9.17, 15) is 4.79 Å². The fourth-order valence-corrected chi connectivity index (χ4v) is 2.44. The summed E-state index contributed by atoms with van der Waals surface area (Å²) in [5.74, 6) is -0.0414. The highest BCUT2D eigenvalue weighted by Gasteiger charge is 2.11. The number of ether oxygens (including phenoxy) is 1. The largest absolute Gasteiger partial charge is 0.379 e. The van der Waals surface area contributed by atoms with E-state index in [1.807, 2.05) is 36.5 Å². The Bertz CT molecular complexity index is 589. The number of benzene rings is 1. The van der Waals surface area contributed by atoms with Gasteiger partial charge in [-0.05, 0) is 30.3 Å². The first kappa shape index (κ1) is 14.7. The Morgan fingerprint density at radius 3 is 2.68 bits per heavy atom. The van der Waals surface area contributed by atoms with Crippen LogP contribution in [0.25, 0.3) is 5.69 Å². The predicted molar refractivity (Wildman–Crippen MR) is 83.2 cm³/mol. The second-order valence-corrected chi connectivity index (χ2v) is 5.21. The van der Waals surface area contributed by atoms with Gasteiger partial charge in [-0.3, -0.25) is 9.69 Å². The maximum Gasteiger partial charge on any atom is 0.251 e. The van der Waals surface area contributed by atoms with Crippen LogP contribution in [0, 0.1) is 0 Å². The summed E-state index contributed by atoms with van der Waals surface area (Å²) < 4.78 is 7.07. The minimum absolute atomic E-state index is 0.0414. The molecule has 0 aliphatic carbocycles. The number of aromatic nitrogens is 2. The smallest absolute Gasteiger partial charge is 0.251 e. The van der Waals surface area contributed by atoms with Gasteiger partial charge in [-0.25, -0.2) is 4.68 Å². The van der Waals surface area contributed by atoms with Gasteiger partial charge in [0.1, 0.15) is 0 Å². The fourth-order valence-electron chi connectivity index (χ4n) is 2.44. The molecular formula is C16H20N4O2. The third-order valence-electron chi connectivity index (χ3n) is 3.72. The predicted octanol–water partition coefficient (Wildman–Crippen LogP) is 0.934. The number of amides is 1. The van der Waals surface area contributed by atoms with Crippen molar-refractivity contribution in [2.45, 2.75) is 0 Å². The molecule has 1 aliphatic heterocycles. The first-order valence-corrected chi connectivity index (χ1v) is 7.51. The van der Waals surface area contributed by atoms with Gasteiger partial charge in [-0.1, -0.05) is 0 Å². The van der Waals surface area contributed by atoms with Crippen LogP contribution in [0.5, 0.6) is 0 Å². The molecule has 1 aliphatic rings. The number of hydrogen-bond acceptors (Lipinski definition) is 4. The van der Waals surface area contributed by atoms with E-state index in [0.29, 0.717) is 12.1 Å². The zero-order chi connectivity index (χ0) is 15.2. The van der Waals surface area contributed by atoms with Crippen molar-refractivity contribution in [2.75, 3.05) is 39.4 Å². The number of rotatable bonds is 5. The number of carbonyl (C=O) groups is 1. The van der Waals surface area contributed by atoms with E-state index in [4.69, 9.17) is 4.74 Å². The molecule has 6 heteroatoms. The van der Waals surface area contributed by atoms with Crippen LogP contribution in [0.15, 0.2) is 42.7 Å². The molecular weight excluding hydrogens is 280 g/mol. The van der Waals surface area contributed by atoms with Crippen LogP contribution in [0.4, 0.5) is 0 Å². The van der Waals surface area contributed by atoms with Crippen molar-refractivity contribution in [3.8, 4) is 5.69 Å². The summed E-state index contributed by atoms with van der Waals surface area (Å²) in [5.41, 5.74) is 1.60. The number of nitrogens with one attached hydrogen (secondary N) is 1. The molecule has 0 unspecified atom stereocenters. The van der Waals surface area contributed by atoms with Crippen molar-refractivity contribution in [2.24, 2.45) is 0 Å². The molecule has 1 N–H and O–H groups in total. The maximum atomic E-state index is 12.1. The Kier molecular flexibility index (Phi) is 4.82. The van der Waals surface area contributed by atoms with E-state index in [1.165, 1.54) is 0 Å². The molecule has 2 aromatic rings. The summed E-state index contributed by atoms with van der Waals surface area (Å²) in [6.45, 7) is 4.95. The number of carbonyl (C=O) groups excluding carboxylic acids is 1. The average Bonchev–Trinajstić information content (AvgIpc) is 3.10. The zero-order valence-corrected chi connectivity index (χ0v) is 12.4. The Morgan fingerprint density at radius 2 is 2.00 bits per heavy atom. The Labute approximate surface area is 129 Å². The van der Waals surface area contributed by atoms with Crippen LogP contribution in [-0.2, 0) is 4.74 Å². The van der Waals surface area contributed by atoms with Crippen LogP contribution >= 0.6 is 0 Å². The highest BCUT2D eigenvalue weighted by atomic mass is 16.5. The molecule has 1 aromatic heterocycles. The molecule has 6 nitrogen and oxygen atoms in total. The normalized spacial score (nSPS) is 15.6. The molecule has 1 aromatic carbocycles. The van der Waals surface area contributed by atoms with Gasteiger partial charge in [0.2, 0.25) is 0 Å². The van der Waals surface area contributed by atoms with Gasteiger partial charge in [-0.2, -0.15) is 5.10 Å². The van der Waals surface area contributed by atoms with Crippen molar-refractivity contribution in [1.82, 2.24) is 20.0 Å². The minimum Gasteiger partial charge on any atom is -0.379 e. The topological polar surface area (TPSA) is 59.4 Å². The van der Waals surface area contributed by atoms with Gasteiger partial charge in [0.05, 0.1) is 18.9 Å². The number of morpholine rings is 1. The van der Waals surface area contributed by atoms with Crippen LogP contribution < -0.4 is 5.32 Å². The summed E-state index contributed by atoms with van der Waals surface area (Å²) in [4.78, 5) is 14.4. The molecule has 0 spiro atoms. The molecule has 0 radical (unpaired) electrons. The highest BCUT2D eigenvalue weighted by molar-refractivity contribution is 5.94. The molecule has 1 fully saturated rings. The molecule has 1 saturated heterocycles. The molecule has 1 amide bonds. The van der Waals surface area contributed by atoms with Crippen LogP contribution in [-0.4, -0.2) is 60.0 Å². The Morgan fingerprint density at radius 1 is 1.23 bits per heavy atom. The van der Waals surface area contributed by atoms with Gasteiger partial charge in [-0.15, -0.1) is 0 Å². The molecule has 3 rings (SSSR count). The SMILES string of the molecule is O=C(NCCN1CCOCC1)c1ccc(-n2cccn2)cc1. The molecule has 0 saturated carbocycles. The van der Waals surface area contributed by atoms with Crippen molar-refractivity contribution in [3.63, 3.8) is 0 Å². The molecule has 0 atom stereocenters. The lowest BCUT2D eigenvalue weighted by atomic mass is 10.2. The van der Waals surface area contributed by atoms with Gasteiger partial charge in [0, 0.05) is 44.1 Å². The van der Waals surface area contributed by atoms with Crippen molar-refractivity contribution < 1.29 is 9.53 Å². The second-order valence-electron chi connectivity index (χ2n) is 5.21. The highest BCUT2D eigenvalue weighted by Crippen LogP contribution is 2.08. The van der Waals surface area contributed by atoms with Crippen molar-refractivity contribution in [1.29, 1.82) is 0 Å². The van der Waals surface area contributed by atoms with Crippen molar-refractivity contribution >= 4 is 5.91 Å². The lowest BCUT2D eigenvalue weighted by Gasteiger charge is -2.26. The first-order chi connectivity index (χ1) is 10.8. The summed E-state index contributed by atoms with van der Waals surface area (Å²) >= 11 is 0. The second kappa shape index (κ2) is 7.20. The van der Waals surface area contributed by atoms with E-state index in [0.717, 1.165) is 38.5 Å². The van der Waals surface area contributed by atoms with E-state index < -0.39 is 0 Å². The Hall–Kier alpha value is -2.18. The van der Waals surface area contributed by atoms with Crippen LogP contribution in [0.2, 0.25) is 0 Å².